The summed E-state index contributed by atoms with van der Waals surface area (Å²) in [7, 11) is 2.00. The second-order valence-corrected chi connectivity index (χ2v) is 6.37. The highest BCUT2D eigenvalue weighted by molar-refractivity contribution is 9.10. The Morgan fingerprint density at radius 1 is 1.35 bits per heavy atom. The molecule has 0 radical (unpaired) electrons. The molecule has 1 aromatic heterocycles. The van der Waals surface area contributed by atoms with Crippen LogP contribution in [0.5, 0.6) is 5.75 Å². The lowest BCUT2D eigenvalue weighted by Crippen LogP contribution is -2.17. The first-order chi connectivity index (χ1) is 9.67. The lowest BCUT2D eigenvalue weighted by Gasteiger charge is -2.18. The van der Waals surface area contributed by atoms with Crippen LogP contribution in [0.3, 0.4) is 0 Å². The van der Waals surface area contributed by atoms with Gasteiger partial charge in [-0.2, -0.15) is 11.3 Å². The van der Waals surface area contributed by atoms with Crippen molar-refractivity contribution in [1.29, 1.82) is 0 Å². The van der Waals surface area contributed by atoms with Gasteiger partial charge in [-0.3, -0.25) is 0 Å². The third kappa shape index (κ3) is 3.43. The summed E-state index contributed by atoms with van der Waals surface area (Å²) in [6.07, 6.45) is 1.02. The maximum absolute atomic E-state index is 5.70. The fourth-order valence-electron chi connectivity index (χ4n) is 2.19. The van der Waals surface area contributed by atoms with E-state index in [4.69, 9.17) is 4.74 Å². The molecule has 0 spiro atoms. The van der Waals surface area contributed by atoms with E-state index in [0.29, 0.717) is 0 Å². The van der Waals surface area contributed by atoms with Crippen LogP contribution in [0.4, 0.5) is 0 Å². The zero-order chi connectivity index (χ0) is 14.5. The molecule has 0 aliphatic heterocycles. The Kier molecular flexibility index (Phi) is 5.64. The van der Waals surface area contributed by atoms with Crippen LogP contribution in [0, 0.1) is 6.92 Å². The minimum absolute atomic E-state index is 0.220. The molecule has 2 aromatic rings. The number of thiophene rings is 1. The molecule has 0 aliphatic rings. The molecule has 0 bridgehead atoms. The van der Waals surface area contributed by atoms with Gasteiger partial charge >= 0.3 is 0 Å². The van der Waals surface area contributed by atoms with E-state index in [1.54, 1.807) is 11.3 Å². The molecule has 20 heavy (non-hydrogen) atoms. The molecular weight excluding hydrogens is 334 g/mol. The molecular formula is C16H20BrNOS. The first kappa shape index (κ1) is 15.5. The number of hydrogen-bond donors (Lipinski definition) is 1. The van der Waals surface area contributed by atoms with E-state index in [1.165, 1.54) is 16.7 Å². The summed E-state index contributed by atoms with van der Waals surface area (Å²) in [5, 5.41) is 7.80. The van der Waals surface area contributed by atoms with Gasteiger partial charge in [0.05, 0.1) is 17.1 Å². The summed E-state index contributed by atoms with van der Waals surface area (Å²) in [6, 6.07) is 6.54. The van der Waals surface area contributed by atoms with Gasteiger partial charge in [0.1, 0.15) is 5.75 Å². The Hall–Kier alpha value is -0.840. The Morgan fingerprint density at radius 3 is 2.70 bits per heavy atom. The lowest BCUT2D eigenvalue weighted by atomic mass is 9.98. The monoisotopic (exact) mass is 353 g/mol. The van der Waals surface area contributed by atoms with Crippen molar-refractivity contribution >= 4 is 27.3 Å². The summed E-state index contributed by atoms with van der Waals surface area (Å²) < 4.78 is 6.71. The van der Waals surface area contributed by atoms with Gasteiger partial charge in [-0.05, 0) is 75.9 Å². The second-order valence-electron chi connectivity index (χ2n) is 4.77. The summed E-state index contributed by atoms with van der Waals surface area (Å²) in [5.41, 5.74) is 3.91. The predicted molar refractivity (Wildman–Crippen MR) is 89.9 cm³/mol. The highest BCUT2D eigenvalue weighted by Gasteiger charge is 2.16. The van der Waals surface area contributed by atoms with E-state index in [2.05, 4.69) is 58.0 Å². The molecule has 1 heterocycles. The largest absolute Gasteiger partial charge is 0.492 e. The van der Waals surface area contributed by atoms with Crippen LogP contribution >= 0.6 is 27.3 Å². The van der Waals surface area contributed by atoms with Crippen molar-refractivity contribution in [2.45, 2.75) is 26.3 Å². The average molecular weight is 354 g/mol. The maximum atomic E-state index is 5.70. The summed E-state index contributed by atoms with van der Waals surface area (Å²) in [6.45, 7) is 5.01. The average Bonchev–Trinajstić information content (AvgIpc) is 2.85. The van der Waals surface area contributed by atoms with Crippen LogP contribution in [0.15, 0.2) is 33.4 Å². The topological polar surface area (TPSA) is 21.3 Å². The van der Waals surface area contributed by atoms with Crippen molar-refractivity contribution < 1.29 is 4.74 Å². The molecule has 108 valence electrons. The van der Waals surface area contributed by atoms with Crippen molar-refractivity contribution in [1.82, 2.24) is 5.32 Å². The third-order valence-corrected chi connectivity index (χ3v) is 4.75. The normalized spacial score (nSPS) is 12.4. The fraction of sp³-hybridized carbons (Fsp3) is 0.375. The first-order valence-electron chi connectivity index (χ1n) is 6.79. The van der Waals surface area contributed by atoms with Crippen molar-refractivity contribution in [3.8, 4) is 5.75 Å². The Morgan fingerprint density at radius 2 is 2.15 bits per heavy atom. The fourth-order valence-corrected chi connectivity index (χ4v) is 3.58. The smallest absolute Gasteiger partial charge is 0.133 e. The zero-order valence-electron chi connectivity index (χ0n) is 12.1. The van der Waals surface area contributed by atoms with Crippen molar-refractivity contribution in [2.75, 3.05) is 13.7 Å². The molecule has 1 unspecified atom stereocenters. The van der Waals surface area contributed by atoms with Gasteiger partial charge in [0.2, 0.25) is 0 Å². The van der Waals surface area contributed by atoms with Crippen molar-refractivity contribution in [3.63, 3.8) is 0 Å². The Bertz CT molecular complexity index is 567. The third-order valence-electron chi connectivity index (χ3n) is 3.25. The number of rotatable bonds is 6. The Labute approximate surface area is 133 Å². The molecule has 2 nitrogen and oxygen atoms in total. The van der Waals surface area contributed by atoms with E-state index in [-0.39, 0.29) is 6.04 Å². The van der Waals surface area contributed by atoms with Gasteiger partial charge in [0.25, 0.3) is 0 Å². The molecule has 1 atom stereocenters. The van der Waals surface area contributed by atoms with E-state index >= 15 is 0 Å². The van der Waals surface area contributed by atoms with Crippen LogP contribution < -0.4 is 10.1 Å². The van der Waals surface area contributed by atoms with Gasteiger partial charge in [-0.1, -0.05) is 13.0 Å². The summed E-state index contributed by atoms with van der Waals surface area (Å²) in [5.74, 6) is 0.910. The van der Waals surface area contributed by atoms with Crippen molar-refractivity contribution in [2.24, 2.45) is 0 Å². The highest BCUT2D eigenvalue weighted by atomic mass is 79.9. The molecule has 0 aliphatic carbocycles. The number of benzene rings is 1. The molecule has 1 aromatic carbocycles. The molecule has 4 heteroatoms. The second kappa shape index (κ2) is 7.25. The molecule has 0 saturated carbocycles. The van der Waals surface area contributed by atoms with E-state index < -0.39 is 0 Å². The minimum Gasteiger partial charge on any atom is -0.492 e. The van der Waals surface area contributed by atoms with Gasteiger partial charge < -0.3 is 10.1 Å². The van der Waals surface area contributed by atoms with Gasteiger partial charge in [0.15, 0.2) is 0 Å². The van der Waals surface area contributed by atoms with Crippen LogP contribution in [0.25, 0.3) is 0 Å². The van der Waals surface area contributed by atoms with Gasteiger partial charge in [-0.15, -0.1) is 0 Å². The highest BCUT2D eigenvalue weighted by Crippen LogP contribution is 2.32. The Balaban J connectivity index is 2.27. The summed E-state index contributed by atoms with van der Waals surface area (Å²) in [4.78, 5) is 0. The number of ether oxygens (including phenoxy) is 1. The molecule has 0 fully saturated rings. The summed E-state index contributed by atoms with van der Waals surface area (Å²) >= 11 is 5.35. The first-order valence-corrected chi connectivity index (χ1v) is 8.53. The minimum atomic E-state index is 0.220. The number of hydrogen-bond acceptors (Lipinski definition) is 3. The predicted octanol–water partition coefficient (Wildman–Crippen LogP) is 4.92. The maximum Gasteiger partial charge on any atom is 0.133 e. The van der Waals surface area contributed by atoms with Crippen LogP contribution in [0.1, 0.15) is 36.1 Å². The van der Waals surface area contributed by atoms with Gasteiger partial charge in [0, 0.05) is 0 Å². The van der Waals surface area contributed by atoms with E-state index in [0.717, 1.165) is 23.2 Å². The molecule has 2 rings (SSSR count). The van der Waals surface area contributed by atoms with Crippen LogP contribution in [-0.2, 0) is 0 Å². The standard InChI is InChI=1S/C16H20BrNOS/c1-4-7-19-15-6-5-12(8-14(15)17)16(18-3)13-10-20-9-11(13)2/h5-6,8-10,16,18H,4,7H2,1-3H3. The number of aryl methyl sites for hydroxylation is 1. The van der Waals surface area contributed by atoms with E-state index in [9.17, 15) is 0 Å². The van der Waals surface area contributed by atoms with Crippen molar-refractivity contribution in [3.05, 3.63) is 50.1 Å². The van der Waals surface area contributed by atoms with Crippen LogP contribution in [0.2, 0.25) is 0 Å². The molecule has 1 N–H and O–H groups in total. The number of nitrogens with one attached hydrogen (secondary N) is 1. The quantitative estimate of drug-likeness (QED) is 0.795. The number of halogens is 1. The SMILES string of the molecule is CCCOc1ccc(C(NC)c2cscc2C)cc1Br. The zero-order valence-corrected chi connectivity index (χ0v) is 14.5. The molecule has 0 saturated heterocycles. The van der Waals surface area contributed by atoms with E-state index in [1.807, 2.05) is 13.1 Å². The molecule has 0 amide bonds. The lowest BCUT2D eigenvalue weighted by molar-refractivity contribution is 0.315. The van der Waals surface area contributed by atoms with Crippen LogP contribution in [-0.4, -0.2) is 13.7 Å². The van der Waals surface area contributed by atoms with Gasteiger partial charge in [-0.25, -0.2) is 0 Å².